The van der Waals surface area contributed by atoms with Gasteiger partial charge in [0.15, 0.2) is 0 Å². The van der Waals surface area contributed by atoms with Crippen molar-refractivity contribution in [2.24, 2.45) is 5.73 Å². The molecule has 0 saturated carbocycles. The van der Waals surface area contributed by atoms with E-state index in [0.717, 1.165) is 0 Å². The first-order chi connectivity index (χ1) is 14.7. The van der Waals surface area contributed by atoms with Crippen LogP contribution in [-0.4, -0.2) is 59.4 Å². The molecule has 1 heterocycles. The largest absolute Gasteiger partial charge is 0.491 e. The number of ether oxygens (including phenoxy) is 1. The van der Waals surface area contributed by atoms with E-state index in [-0.39, 0.29) is 43.6 Å². The van der Waals surface area contributed by atoms with Crippen LogP contribution in [0.5, 0.6) is 5.75 Å². The highest BCUT2D eigenvalue weighted by Crippen LogP contribution is 2.19. The van der Waals surface area contributed by atoms with Crippen molar-refractivity contribution in [1.29, 1.82) is 0 Å². The second-order valence-corrected chi connectivity index (χ2v) is 7.24. The number of hydrogen-bond donors (Lipinski definition) is 5. The van der Waals surface area contributed by atoms with Gasteiger partial charge in [0, 0.05) is 12.8 Å². The van der Waals surface area contributed by atoms with Gasteiger partial charge >= 0.3 is 5.97 Å². The Morgan fingerprint density at radius 3 is 2.55 bits per heavy atom. The zero-order chi connectivity index (χ0) is 23.0. The van der Waals surface area contributed by atoms with Crippen molar-refractivity contribution in [2.75, 3.05) is 6.61 Å². The van der Waals surface area contributed by atoms with Crippen molar-refractivity contribution in [3.05, 3.63) is 29.8 Å². The molecule has 1 aromatic rings. The second kappa shape index (κ2) is 11.0. The maximum absolute atomic E-state index is 12.6. The fourth-order valence-electron chi connectivity index (χ4n) is 2.97. The monoisotopic (exact) mass is 434 g/mol. The van der Waals surface area contributed by atoms with Crippen LogP contribution in [0.1, 0.15) is 43.0 Å². The number of carboxylic acid groups (broad SMARTS) is 1. The van der Waals surface area contributed by atoms with Gasteiger partial charge < -0.3 is 31.5 Å². The lowest BCUT2D eigenvalue weighted by molar-refractivity contribution is -0.139. The van der Waals surface area contributed by atoms with E-state index in [2.05, 4.69) is 16.0 Å². The molecule has 1 aliphatic heterocycles. The highest BCUT2D eigenvalue weighted by atomic mass is 16.5. The summed E-state index contributed by atoms with van der Waals surface area (Å²) < 4.78 is 5.66. The average molecular weight is 434 g/mol. The number of carboxylic acids is 1. The molecular formula is C20H26N4O7. The summed E-state index contributed by atoms with van der Waals surface area (Å²) in [7, 11) is 0. The zero-order valence-electron chi connectivity index (χ0n) is 17.1. The molecule has 0 spiro atoms. The lowest BCUT2D eigenvalue weighted by Gasteiger charge is -2.21. The normalized spacial score (nSPS) is 23.0. The van der Waals surface area contributed by atoms with Gasteiger partial charge in [0.2, 0.25) is 17.7 Å². The van der Waals surface area contributed by atoms with Crippen LogP contribution in [0, 0.1) is 0 Å². The van der Waals surface area contributed by atoms with E-state index in [4.69, 9.17) is 10.5 Å². The van der Waals surface area contributed by atoms with Gasteiger partial charge in [-0.1, -0.05) is 12.1 Å². The second-order valence-electron chi connectivity index (χ2n) is 7.24. The van der Waals surface area contributed by atoms with Crippen LogP contribution >= 0.6 is 0 Å². The summed E-state index contributed by atoms with van der Waals surface area (Å²) in [5, 5.41) is 17.0. The minimum Gasteiger partial charge on any atom is -0.491 e. The maximum atomic E-state index is 12.6. The number of hydrogen-bond acceptors (Lipinski definition) is 6. The predicted molar refractivity (Wildman–Crippen MR) is 108 cm³/mol. The van der Waals surface area contributed by atoms with E-state index in [1.807, 2.05) is 0 Å². The standard InChI is InChI=1S/C20H26N4O7/c1-11-10-31-15-5-3-2-4-12(15)18(27)24-14(20(29)30)7-9-17(26)23-13(19(28)22-11)6-8-16(21)25/h2-5,11,13-14H,6-10H2,1H3,(H2,21,25)(H,22,28)(H,23,26)(H,24,27)(H,29,30)/t11-,13+,14+/m1/s1. The molecule has 0 saturated heterocycles. The number of carbonyl (C=O) groups is 5. The fraction of sp³-hybridized carbons (Fsp3) is 0.450. The van der Waals surface area contributed by atoms with Crippen LogP contribution in [0.25, 0.3) is 0 Å². The Labute approximate surface area is 178 Å². The third-order valence-corrected chi connectivity index (χ3v) is 4.60. The van der Waals surface area contributed by atoms with Crippen LogP contribution in [0.3, 0.4) is 0 Å². The zero-order valence-corrected chi connectivity index (χ0v) is 17.1. The average Bonchev–Trinajstić information content (AvgIpc) is 2.71. The van der Waals surface area contributed by atoms with Gasteiger partial charge in [0.05, 0.1) is 11.6 Å². The van der Waals surface area contributed by atoms with Crippen LogP contribution in [0.15, 0.2) is 24.3 Å². The SMILES string of the molecule is C[C@@H]1COc2ccccc2C(=O)N[C@H](C(=O)O)CCC(=O)N[C@@H](CCC(N)=O)C(=O)N1. The predicted octanol–water partition coefficient (Wildman–Crippen LogP) is -0.703. The van der Waals surface area contributed by atoms with E-state index in [9.17, 15) is 29.1 Å². The number of rotatable bonds is 4. The highest BCUT2D eigenvalue weighted by molar-refractivity contribution is 5.99. The smallest absolute Gasteiger partial charge is 0.326 e. The molecular weight excluding hydrogens is 408 g/mol. The molecule has 0 bridgehead atoms. The molecule has 1 aromatic carbocycles. The molecule has 2 rings (SSSR count). The van der Waals surface area contributed by atoms with Crippen LogP contribution in [0.4, 0.5) is 0 Å². The Hall–Kier alpha value is -3.63. The molecule has 0 unspecified atom stereocenters. The summed E-state index contributed by atoms with van der Waals surface area (Å²) in [6.07, 6.45) is -0.589. The Balaban J connectivity index is 2.29. The van der Waals surface area contributed by atoms with Crippen molar-refractivity contribution in [1.82, 2.24) is 16.0 Å². The summed E-state index contributed by atoms with van der Waals surface area (Å²) in [4.78, 5) is 60.2. The number of carbonyl (C=O) groups excluding carboxylic acids is 4. The molecule has 168 valence electrons. The Morgan fingerprint density at radius 1 is 1.16 bits per heavy atom. The first-order valence-electron chi connectivity index (χ1n) is 9.81. The molecule has 0 aliphatic carbocycles. The summed E-state index contributed by atoms with van der Waals surface area (Å²) in [5.41, 5.74) is 5.28. The highest BCUT2D eigenvalue weighted by Gasteiger charge is 2.27. The number of amides is 4. The van der Waals surface area contributed by atoms with E-state index in [0.29, 0.717) is 0 Å². The van der Waals surface area contributed by atoms with Gasteiger partial charge in [-0.2, -0.15) is 0 Å². The molecule has 0 fully saturated rings. The first-order valence-corrected chi connectivity index (χ1v) is 9.81. The number of aliphatic carboxylic acids is 1. The Bertz CT molecular complexity index is 858. The van der Waals surface area contributed by atoms with Gasteiger partial charge in [0.25, 0.3) is 5.91 Å². The number of benzene rings is 1. The first kappa shape index (κ1) is 23.6. The summed E-state index contributed by atoms with van der Waals surface area (Å²) >= 11 is 0. The van der Waals surface area contributed by atoms with E-state index >= 15 is 0 Å². The molecule has 4 amide bonds. The van der Waals surface area contributed by atoms with Crippen LogP contribution in [-0.2, 0) is 19.2 Å². The van der Waals surface area contributed by atoms with Crippen molar-refractivity contribution in [2.45, 2.75) is 50.7 Å². The third kappa shape index (κ3) is 7.28. The molecule has 6 N–H and O–H groups in total. The summed E-state index contributed by atoms with van der Waals surface area (Å²) in [6.45, 7) is 1.68. The Morgan fingerprint density at radius 2 is 1.87 bits per heavy atom. The van der Waals surface area contributed by atoms with Crippen molar-refractivity contribution >= 4 is 29.6 Å². The Kier molecular flexibility index (Phi) is 8.35. The van der Waals surface area contributed by atoms with Crippen LogP contribution in [0.2, 0.25) is 0 Å². The summed E-state index contributed by atoms with van der Waals surface area (Å²) in [6, 6.07) is 3.45. The van der Waals surface area contributed by atoms with Gasteiger partial charge in [0.1, 0.15) is 24.4 Å². The van der Waals surface area contributed by atoms with Crippen LogP contribution < -0.4 is 26.4 Å². The molecule has 31 heavy (non-hydrogen) atoms. The minimum atomic E-state index is -1.33. The number of primary amides is 1. The van der Waals surface area contributed by atoms with Crippen molar-refractivity contribution in [3.8, 4) is 5.75 Å². The fourth-order valence-corrected chi connectivity index (χ4v) is 2.97. The molecule has 0 radical (unpaired) electrons. The molecule has 0 aromatic heterocycles. The van der Waals surface area contributed by atoms with Gasteiger partial charge in [-0.15, -0.1) is 0 Å². The number of nitrogens with two attached hydrogens (primary N) is 1. The van der Waals surface area contributed by atoms with Crippen molar-refractivity contribution < 1.29 is 33.8 Å². The maximum Gasteiger partial charge on any atom is 0.326 e. The molecule has 3 atom stereocenters. The topological polar surface area (TPSA) is 177 Å². The molecule has 1 aliphatic rings. The van der Waals surface area contributed by atoms with E-state index in [1.165, 1.54) is 6.07 Å². The van der Waals surface area contributed by atoms with Gasteiger partial charge in [-0.05, 0) is 31.9 Å². The number of para-hydroxylation sites is 1. The van der Waals surface area contributed by atoms with Crippen molar-refractivity contribution in [3.63, 3.8) is 0 Å². The minimum absolute atomic E-state index is 0.00881. The molecule has 11 heteroatoms. The summed E-state index contributed by atoms with van der Waals surface area (Å²) in [5.74, 6) is -3.49. The number of fused-ring (bicyclic) bond motifs is 1. The van der Waals surface area contributed by atoms with Gasteiger partial charge in [-0.3, -0.25) is 19.2 Å². The number of nitrogens with one attached hydrogen (secondary N) is 3. The van der Waals surface area contributed by atoms with E-state index in [1.54, 1.807) is 25.1 Å². The third-order valence-electron chi connectivity index (χ3n) is 4.60. The van der Waals surface area contributed by atoms with Gasteiger partial charge in [-0.25, -0.2) is 4.79 Å². The van der Waals surface area contributed by atoms with E-state index < -0.39 is 47.7 Å². The quantitative estimate of drug-likeness (QED) is 0.416. The lowest BCUT2D eigenvalue weighted by atomic mass is 10.1. The lowest BCUT2D eigenvalue weighted by Crippen LogP contribution is -2.50. The molecule has 11 nitrogen and oxygen atoms in total.